The van der Waals surface area contributed by atoms with Gasteiger partial charge in [-0.15, -0.1) is 11.3 Å². The minimum Gasteiger partial charge on any atom is -0.368 e. The molecule has 1 aliphatic rings. The Bertz CT molecular complexity index is 815. The lowest BCUT2D eigenvalue weighted by molar-refractivity contribution is -0.120. The van der Waals surface area contributed by atoms with E-state index in [9.17, 15) is 4.79 Å². The van der Waals surface area contributed by atoms with E-state index in [1.165, 1.54) is 5.56 Å². The van der Waals surface area contributed by atoms with Crippen molar-refractivity contribution in [2.45, 2.75) is 32.2 Å². The average molecular weight is 383 g/mol. The maximum Gasteiger partial charge on any atom is 0.240 e. The number of nitrogens with one attached hydrogen (secondary N) is 1. The largest absolute Gasteiger partial charge is 0.368 e. The zero-order valence-corrected chi connectivity index (χ0v) is 16.4. The van der Waals surface area contributed by atoms with Gasteiger partial charge in [0.25, 0.3) is 0 Å². The summed E-state index contributed by atoms with van der Waals surface area (Å²) in [6.07, 6.45) is 12.7. The van der Waals surface area contributed by atoms with Crippen LogP contribution in [0.5, 0.6) is 0 Å². The third-order valence-electron chi connectivity index (χ3n) is 5.13. The van der Waals surface area contributed by atoms with Crippen LogP contribution in [-0.4, -0.2) is 30.2 Å². The van der Waals surface area contributed by atoms with Crippen molar-refractivity contribution in [2.75, 3.05) is 13.1 Å². The molecule has 5 nitrogen and oxygen atoms in total. The molecule has 3 N–H and O–H groups in total. The van der Waals surface area contributed by atoms with Crippen molar-refractivity contribution in [3.8, 4) is 0 Å². The van der Waals surface area contributed by atoms with Gasteiger partial charge in [-0.2, -0.15) is 0 Å². The molecule has 2 atom stereocenters. The molecule has 3 heterocycles. The number of hydrogen-bond acceptors (Lipinski definition) is 5. The highest BCUT2D eigenvalue weighted by atomic mass is 32.1. The molecule has 3 rings (SSSR count). The van der Waals surface area contributed by atoms with E-state index in [2.05, 4.69) is 33.5 Å². The van der Waals surface area contributed by atoms with Crippen LogP contribution < -0.4 is 11.1 Å². The van der Waals surface area contributed by atoms with E-state index < -0.39 is 6.04 Å². The summed E-state index contributed by atoms with van der Waals surface area (Å²) in [5.41, 5.74) is 8.03. The number of hydrogen-bond donors (Lipinski definition) is 2. The Morgan fingerprint density at radius 1 is 1.33 bits per heavy atom. The molecule has 0 spiro atoms. The number of aryl methyl sites for hydroxylation is 2. The van der Waals surface area contributed by atoms with Gasteiger partial charge in [-0.3, -0.25) is 14.8 Å². The molecule has 1 aliphatic heterocycles. The smallest absolute Gasteiger partial charge is 0.240 e. The topological polar surface area (TPSA) is 80.4 Å². The summed E-state index contributed by atoms with van der Waals surface area (Å²) in [7, 11) is 0. The van der Waals surface area contributed by atoms with Gasteiger partial charge >= 0.3 is 0 Å². The number of rotatable bonds is 9. The molecule has 0 saturated heterocycles. The minimum absolute atomic E-state index is 0.00227. The summed E-state index contributed by atoms with van der Waals surface area (Å²) in [4.78, 5) is 21.5. The van der Waals surface area contributed by atoms with Crippen LogP contribution in [0.3, 0.4) is 0 Å². The van der Waals surface area contributed by atoms with E-state index in [0.29, 0.717) is 6.54 Å². The number of primary amides is 1. The average Bonchev–Trinajstić information content (AvgIpc) is 3.11. The Balaban J connectivity index is 1.63. The maximum absolute atomic E-state index is 11.9. The molecule has 27 heavy (non-hydrogen) atoms. The number of nitrogens with two attached hydrogens (primary N) is 1. The van der Waals surface area contributed by atoms with Crippen LogP contribution >= 0.6 is 11.3 Å². The molecule has 2 aromatic rings. The summed E-state index contributed by atoms with van der Waals surface area (Å²) in [5.74, 6) is -0.330. The molecule has 1 amide bonds. The van der Waals surface area contributed by atoms with Gasteiger partial charge in [0.1, 0.15) is 6.04 Å². The van der Waals surface area contributed by atoms with Crippen molar-refractivity contribution in [1.29, 1.82) is 0 Å². The maximum atomic E-state index is 11.9. The van der Waals surface area contributed by atoms with Gasteiger partial charge in [0.2, 0.25) is 5.91 Å². The molecular weight excluding hydrogens is 356 g/mol. The minimum atomic E-state index is -0.432. The number of carbonyl (C=O) groups is 1. The van der Waals surface area contributed by atoms with E-state index in [4.69, 9.17) is 5.73 Å². The predicted molar refractivity (Wildman–Crippen MR) is 111 cm³/mol. The molecule has 0 radical (unpaired) electrons. The highest BCUT2D eigenvalue weighted by molar-refractivity contribution is 7.10. The quantitative estimate of drug-likeness (QED) is 0.699. The zero-order valence-electron chi connectivity index (χ0n) is 15.6. The first kappa shape index (κ1) is 19.5. The lowest BCUT2D eigenvalue weighted by atomic mass is 9.78. The number of carbonyl (C=O) groups excluding carboxylic acids is 1. The molecule has 0 saturated carbocycles. The standard InChI is InChI=1S/C21H26N4OS/c1-16-6-14-27-19(16)18(20(22)26)25-13-9-21(7-2-10-24-15-21)8-3-17-4-11-23-12-5-17/h2,4-7,10-12,14,18,25H,3,8-9,13,15H2,1H3,(H2,22,26). The first-order valence-electron chi connectivity index (χ1n) is 9.23. The molecule has 0 bridgehead atoms. The van der Waals surface area contributed by atoms with Gasteiger partial charge in [-0.05, 0) is 73.5 Å². The van der Waals surface area contributed by atoms with Crippen molar-refractivity contribution < 1.29 is 4.79 Å². The Labute approximate surface area is 164 Å². The van der Waals surface area contributed by atoms with Gasteiger partial charge in [0.15, 0.2) is 0 Å². The van der Waals surface area contributed by atoms with Gasteiger partial charge in [-0.25, -0.2) is 0 Å². The molecule has 6 heteroatoms. The zero-order chi connectivity index (χ0) is 19.1. The third-order valence-corrected chi connectivity index (χ3v) is 6.21. The fourth-order valence-corrected chi connectivity index (χ4v) is 4.46. The molecule has 142 valence electrons. The van der Waals surface area contributed by atoms with Gasteiger partial charge in [0.05, 0.1) is 0 Å². The van der Waals surface area contributed by atoms with Crippen molar-refractivity contribution in [3.63, 3.8) is 0 Å². The Hall–Kier alpha value is -2.31. The fraction of sp³-hybridized carbons (Fsp3) is 0.381. The highest BCUT2D eigenvalue weighted by Gasteiger charge is 2.29. The number of aromatic nitrogens is 1. The SMILES string of the molecule is Cc1ccsc1C(NCCC1(CCc2ccncc2)C=CC=NC1)C(N)=O. The molecule has 2 unspecified atom stereocenters. The lowest BCUT2D eigenvalue weighted by Crippen LogP contribution is -2.37. The summed E-state index contributed by atoms with van der Waals surface area (Å²) in [5, 5.41) is 5.37. The lowest BCUT2D eigenvalue weighted by Gasteiger charge is -2.31. The van der Waals surface area contributed by atoms with Gasteiger partial charge < -0.3 is 11.1 Å². The summed E-state index contributed by atoms with van der Waals surface area (Å²) < 4.78 is 0. The van der Waals surface area contributed by atoms with Crippen LogP contribution in [0.4, 0.5) is 0 Å². The summed E-state index contributed by atoms with van der Waals surface area (Å²) >= 11 is 1.57. The van der Waals surface area contributed by atoms with Crippen LogP contribution in [0.15, 0.2) is 53.1 Å². The number of amides is 1. The Kier molecular flexibility index (Phi) is 6.53. The van der Waals surface area contributed by atoms with Crippen LogP contribution in [0.25, 0.3) is 0 Å². The monoisotopic (exact) mass is 382 g/mol. The molecule has 0 aliphatic carbocycles. The van der Waals surface area contributed by atoms with E-state index in [0.717, 1.165) is 36.2 Å². The normalized spacial score (nSPS) is 19.9. The summed E-state index contributed by atoms with van der Waals surface area (Å²) in [6.45, 7) is 3.49. The van der Waals surface area contributed by atoms with E-state index in [1.54, 1.807) is 11.3 Å². The van der Waals surface area contributed by atoms with E-state index in [1.807, 2.05) is 43.1 Å². The van der Waals surface area contributed by atoms with Gasteiger partial charge in [-0.1, -0.05) is 6.08 Å². The van der Waals surface area contributed by atoms with E-state index in [-0.39, 0.29) is 11.3 Å². The second kappa shape index (κ2) is 9.06. The number of allylic oxidation sites excluding steroid dienone is 1. The number of pyridine rings is 1. The number of aliphatic imine (C=N–C) groups is 1. The third kappa shape index (κ3) is 5.11. The number of nitrogens with zero attached hydrogens (tertiary/aromatic N) is 2. The van der Waals surface area contributed by atoms with Crippen LogP contribution in [0, 0.1) is 12.3 Å². The van der Waals surface area contributed by atoms with Crippen molar-refractivity contribution in [1.82, 2.24) is 10.3 Å². The fourth-order valence-electron chi connectivity index (χ4n) is 3.46. The van der Waals surface area contributed by atoms with E-state index >= 15 is 0 Å². The van der Waals surface area contributed by atoms with Crippen molar-refractivity contribution >= 4 is 23.5 Å². The molecule has 0 fully saturated rings. The van der Waals surface area contributed by atoms with Crippen LogP contribution in [0.2, 0.25) is 0 Å². The second-order valence-corrected chi connectivity index (χ2v) is 8.02. The molecule has 0 aromatic carbocycles. The van der Waals surface area contributed by atoms with Crippen molar-refractivity contribution in [3.05, 3.63) is 64.1 Å². The van der Waals surface area contributed by atoms with Crippen LogP contribution in [-0.2, 0) is 11.2 Å². The Morgan fingerprint density at radius 3 is 2.78 bits per heavy atom. The Morgan fingerprint density at radius 2 is 2.15 bits per heavy atom. The number of thiophene rings is 1. The molecule has 2 aromatic heterocycles. The first-order chi connectivity index (χ1) is 13.1. The van der Waals surface area contributed by atoms with Crippen molar-refractivity contribution in [2.24, 2.45) is 16.1 Å². The molecular formula is C21H26N4OS. The number of dihydropyridines is 1. The summed E-state index contributed by atoms with van der Waals surface area (Å²) in [6, 6.07) is 5.71. The van der Waals surface area contributed by atoms with Gasteiger partial charge in [0, 0.05) is 35.4 Å². The highest BCUT2D eigenvalue weighted by Crippen LogP contribution is 2.33. The van der Waals surface area contributed by atoms with Crippen LogP contribution in [0.1, 0.15) is 34.9 Å². The second-order valence-electron chi connectivity index (χ2n) is 7.07. The predicted octanol–water partition coefficient (Wildman–Crippen LogP) is 3.22. The first-order valence-corrected chi connectivity index (χ1v) is 10.1.